The van der Waals surface area contributed by atoms with Gasteiger partial charge in [-0.15, -0.1) is 0 Å². The lowest BCUT2D eigenvalue weighted by atomic mass is 9.45. The number of hydrogen-bond donors (Lipinski definition) is 0. The van der Waals surface area contributed by atoms with E-state index in [0.29, 0.717) is 10.8 Å². The molecule has 4 aliphatic carbocycles. The molecule has 4 rings (SSSR count). The van der Waals surface area contributed by atoms with Crippen LogP contribution in [-0.2, 0) is 9.53 Å². The number of fused-ring (bicyclic) bond motifs is 5. The standard InChI is InChI=1S/C21H34O2/c1-14(22)23-16-8-6-15-7-9-17-18-5-4-11-20(18,2)12-10-19(17)21(15,3)13-16/h15-19H,4-13H2,1-3H3/t15-,16+,17-,18+,19+,20-,21+/m1/s1. The number of rotatable bonds is 1. The number of ether oxygens (including phenoxy) is 1. The zero-order valence-corrected chi connectivity index (χ0v) is 15.3. The van der Waals surface area contributed by atoms with Gasteiger partial charge in [0.05, 0.1) is 0 Å². The average Bonchev–Trinajstić information content (AvgIpc) is 2.87. The molecule has 2 nitrogen and oxygen atoms in total. The maximum atomic E-state index is 11.4. The first-order valence-electron chi connectivity index (χ1n) is 10.1. The first-order chi connectivity index (χ1) is 10.9. The third-order valence-electron chi connectivity index (χ3n) is 8.68. The molecule has 0 saturated heterocycles. The van der Waals surface area contributed by atoms with Crippen LogP contribution in [0.2, 0.25) is 0 Å². The predicted octanol–water partition coefficient (Wildman–Crippen LogP) is 5.35. The molecule has 0 spiro atoms. The van der Waals surface area contributed by atoms with E-state index in [1.807, 2.05) is 0 Å². The Kier molecular flexibility index (Phi) is 3.81. The molecular formula is C21H34O2. The summed E-state index contributed by atoms with van der Waals surface area (Å²) in [6, 6.07) is 0. The Bertz CT molecular complexity index is 486. The van der Waals surface area contributed by atoms with Crippen LogP contribution in [0.1, 0.15) is 85.0 Å². The monoisotopic (exact) mass is 318 g/mol. The Morgan fingerprint density at radius 2 is 1.74 bits per heavy atom. The van der Waals surface area contributed by atoms with E-state index in [2.05, 4.69) is 13.8 Å². The quantitative estimate of drug-likeness (QED) is 0.609. The van der Waals surface area contributed by atoms with Crippen LogP contribution >= 0.6 is 0 Å². The van der Waals surface area contributed by atoms with Gasteiger partial charge in [0, 0.05) is 6.92 Å². The highest BCUT2D eigenvalue weighted by molar-refractivity contribution is 5.66. The lowest BCUT2D eigenvalue weighted by Gasteiger charge is -2.60. The second-order valence-electron chi connectivity index (χ2n) is 9.75. The Labute approximate surface area is 141 Å². The van der Waals surface area contributed by atoms with Gasteiger partial charge in [0.2, 0.25) is 0 Å². The molecule has 0 N–H and O–H groups in total. The number of carbonyl (C=O) groups is 1. The van der Waals surface area contributed by atoms with Gasteiger partial charge in [-0.1, -0.05) is 20.3 Å². The largest absolute Gasteiger partial charge is 0.463 e. The summed E-state index contributed by atoms with van der Waals surface area (Å²) in [5.74, 6) is 3.61. The molecular weight excluding hydrogens is 284 g/mol. The molecule has 130 valence electrons. The molecule has 0 aliphatic heterocycles. The first kappa shape index (κ1) is 16.0. The van der Waals surface area contributed by atoms with Gasteiger partial charge in [0.25, 0.3) is 0 Å². The molecule has 0 aromatic rings. The van der Waals surface area contributed by atoms with E-state index >= 15 is 0 Å². The SMILES string of the molecule is CC(=O)O[C@H]1CC[C@@H]2CC[C@@H]3[C@@H]4CCC[C@]4(C)CC[C@@H]3[C@@]2(C)C1. The van der Waals surface area contributed by atoms with Crippen LogP contribution in [0.5, 0.6) is 0 Å². The smallest absolute Gasteiger partial charge is 0.302 e. The third-order valence-corrected chi connectivity index (χ3v) is 8.68. The average molecular weight is 319 g/mol. The number of carbonyl (C=O) groups excluding carboxylic acids is 1. The molecule has 23 heavy (non-hydrogen) atoms. The molecule has 4 fully saturated rings. The summed E-state index contributed by atoms with van der Waals surface area (Å²) in [4.78, 5) is 11.4. The number of hydrogen-bond acceptors (Lipinski definition) is 2. The summed E-state index contributed by atoms with van der Waals surface area (Å²) in [7, 11) is 0. The Morgan fingerprint density at radius 3 is 2.52 bits per heavy atom. The lowest BCUT2D eigenvalue weighted by molar-refractivity contribution is -0.161. The molecule has 4 saturated carbocycles. The molecule has 0 heterocycles. The maximum absolute atomic E-state index is 11.4. The van der Waals surface area contributed by atoms with E-state index in [0.717, 1.165) is 36.5 Å². The van der Waals surface area contributed by atoms with Crippen LogP contribution in [0.25, 0.3) is 0 Å². The summed E-state index contributed by atoms with van der Waals surface area (Å²) in [5, 5.41) is 0. The van der Waals surface area contributed by atoms with E-state index in [4.69, 9.17) is 4.74 Å². The summed E-state index contributed by atoms with van der Waals surface area (Å²) in [6.45, 7) is 6.71. The van der Waals surface area contributed by atoms with Gasteiger partial charge < -0.3 is 4.74 Å². The molecule has 0 unspecified atom stereocenters. The molecule has 0 amide bonds. The van der Waals surface area contributed by atoms with Gasteiger partial charge in [-0.05, 0) is 92.3 Å². The first-order valence-corrected chi connectivity index (χ1v) is 10.1. The van der Waals surface area contributed by atoms with Crippen molar-refractivity contribution in [3.05, 3.63) is 0 Å². The van der Waals surface area contributed by atoms with Crippen LogP contribution < -0.4 is 0 Å². The van der Waals surface area contributed by atoms with Crippen molar-refractivity contribution in [2.45, 2.75) is 91.1 Å². The van der Waals surface area contributed by atoms with Gasteiger partial charge in [-0.25, -0.2) is 0 Å². The Balaban J connectivity index is 1.57. The van der Waals surface area contributed by atoms with Crippen molar-refractivity contribution in [1.82, 2.24) is 0 Å². The minimum atomic E-state index is -0.0866. The maximum Gasteiger partial charge on any atom is 0.302 e. The third kappa shape index (κ3) is 2.46. The highest BCUT2D eigenvalue weighted by Gasteiger charge is 2.58. The van der Waals surface area contributed by atoms with E-state index in [1.165, 1.54) is 51.4 Å². The van der Waals surface area contributed by atoms with Crippen molar-refractivity contribution in [2.24, 2.45) is 34.5 Å². The van der Waals surface area contributed by atoms with E-state index in [9.17, 15) is 4.79 Å². The zero-order chi connectivity index (χ0) is 16.2. The number of esters is 1. The minimum absolute atomic E-state index is 0.0866. The second-order valence-corrected chi connectivity index (χ2v) is 9.75. The highest BCUT2D eigenvalue weighted by Crippen LogP contribution is 2.66. The molecule has 2 heteroatoms. The fourth-order valence-corrected chi connectivity index (χ4v) is 7.64. The van der Waals surface area contributed by atoms with Gasteiger partial charge in [0.1, 0.15) is 6.10 Å². The van der Waals surface area contributed by atoms with Crippen LogP contribution in [0, 0.1) is 34.5 Å². The van der Waals surface area contributed by atoms with Gasteiger partial charge in [-0.3, -0.25) is 4.79 Å². The lowest BCUT2D eigenvalue weighted by Crippen LogP contribution is -2.53. The summed E-state index contributed by atoms with van der Waals surface area (Å²) >= 11 is 0. The van der Waals surface area contributed by atoms with Crippen molar-refractivity contribution in [3.8, 4) is 0 Å². The molecule has 7 atom stereocenters. The molecule has 0 aromatic heterocycles. The predicted molar refractivity (Wildman–Crippen MR) is 91.9 cm³/mol. The van der Waals surface area contributed by atoms with Crippen molar-refractivity contribution in [2.75, 3.05) is 0 Å². The van der Waals surface area contributed by atoms with E-state index in [1.54, 1.807) is 6.92 Å². The van der Waals surface area contributed by atoms with Crippen molar-refractivity contribution in [1.29, 1.82) is 0 Å². The Hall–Kier alpha value is -0.530. The van der Waals surface area contributed by atoms with Crippen molar-refractivity contribution in [3.63, 3.8) is 0 Å². The van der Waals surface area contributed by atoms with Gasteiger partial charge in [-0.2, -0.15) is 0 Å². The summed E-state index contributed by atoms with van der Waals surface area (Å²) < 4.78 is 5.65. The zero-order valence-electron chi connectivity index (χ0n) is 15.3. The molecule has 0 radical (unpaired) electrons. The van der Waals surface area contributed by atoms with E-state index in [-0.39, 0.29) is 12.1 Å². The molecule has 0 bridgehead atoms. The molecule has 0 aromatic carbocycles. The summed E-state index contributed by atoms with van der Waals surface area (Å²) in [5.41, 5.74) is 1.07. The van der Waals surface area contributed by atoms with Gasteiger partial charge in [0.15, 0.2) is 0 Å². The summed E-state index contributed by atoms with van der Waals surface area (Å²) in [6.07, 6.45) is 13.9. The molecule has 4 aliphatic rings. The fourth-order valence-electron chi connectivity index (χ4n) is 7.64. The second kappa shape index (κ2) is 5.49. The van der Waals surface area contributed by atoms with E-state index < -0.39 is 0 Å². The van der Waals surface area contributed by atoms with Crippen molar-refractivity contribution >= 4 is 5.97 Å². The minimum Gasteiger partial charge on any atom is -0.463 e. The van der Waals surface area contributed by atoms with Crippen LogP contribution in [-0.4, -0.2) is 12.1 Å². The van der Waals surface area contributed by atoms with Gasteiger partial charge >= 0.3 is 5.97 Å². The topological polar surface area (TPSA) is 26.3 Å². The Morgan fingerprint density at radius 1 is 0.957 bits per heavy atom. The normalized spacial score (nSPS) is 52.2. The van der Waals surface area contributed by atoms with Crippen LogP contribution in [0.4, 0.5) is 0 Å². The fraction of sp³-hybridized carbons (Fsp3) is 0.952. The highest BCUT2D eigenvalue weighted by atomic mass is 16.5. The van der Waals surface area contributed by atoms with Crippen molar-refractivity contribution < 1.29 is 9.53 Å². The van der Waals surface area contributed by atoms with Crippen LogP contribution in [0.3, 0.4) is 0 Å². The van der Waals surface area contributed by atoms with Crippen LogP contribution in [0.15, 0.2) is 0 Å².